The van der Waals surface area contributed by atoms with E-state index in [2.05, 4.69) is 122 Å². The smallest absolute Gasteiger partial charge is 0.0478 e. The normalized spacial score (nSPS) is 14.3. The predicted octanol–water partition coefficient (Wildman–Crippen LogP) is 8.55. The summed E-state index contributed by atoms with van der Waals surface area (Å²) < 4.78 is 0. The van der Waals surface area contributed by atoms with Gasteiger partial charge in [-0.1, -0.05) is 86.5 Å². The zero-order valence-corrected chi connectivity index (χ0v) is 21.0. The molecule has 1 aliphatic carbocycles. The van der Waals surface area contributed by atoms with Crippen molar-refractivity contribution in [2.24, 2.45) is 5.92 Å². The fraction of sp³-hybridized carbons (Fsp3) is 0.312. The van der Waals surface area contributed by atoms with E-state index in [9.17, 15) is 0 Å². The van der Waals surface area contributed by atoms with Crippen molar-refractivity contribution in [2.45, 2.75) is 45.6 Å². The summed E-state index contributed by atoms with van der Waals surface area (Å²) in [5.74, 6) is 0.577. The molecule has 2 nitrogen and oxygen atoms in total. The molecule has 0 spiro atoms. The van der Waals surface area contributed by atoms with E-state index in [0.717, 1.165) is 6.54 Å². The number of anilines is 2. The first kappa shape index (κ1) is 23.9. The summed E-state index contributed by atoms with van der Waals surface area (Å²) in [7, 11) is 4.15. The van der Waals surface area contributed by atoms with Crippen molar-refractivity contribution in [3.05, 3.63) is 102 Å². The Morgan fingerprint density at radius 2 is 1.50 bits per heavy atom. The van der Waals surface area contributed by atoms with Crippen molar-refractivity contribution >= 4 is 17.5 Å². The van der Waals surface area contributed by atoms with E-state index in [4.69, 9.17) is 0 Å². The zero-order chi connectivity index (χ0) is 23.9. The van der Waals surface area contributed by atoms with Gasteiger partial charge in [-0.15, -0.1) is 0 Å². The Labute approximate surface area is 206 Å². The molecule has 176 valence electrons. The molecule has 0 saturated heterocycles. The zero-order valence-electron chi connectivity index (χ0n) is 21.0. The number of nitrogens with zero attached hydrogens (tertiary/aromatic N) is 2. The molecule has 2 heteroatoms. The molecule has 0 heterocycles. The molecule has 1 fully saturated rings. The molecule has 0 radical (unpaired) electrons. The fourth-order valence-corrected chi connectivity index (χ4v) is 4.94. The van der Waals surface area contributed by atoms with Crippen LogP contribution in [0, 0.1) is 5.92 Å². The molecule has 34 heavy (non-hydrogen) atoms. The lowest BCUT2D eigenvalue weighted by atomic mass is 9.86. The molecular formula is C32H38N2. The maximum Gasteiger partial charge on any atom is 0.0478 e. The Balaban J connectivity index is 1.58. The highest BCUT2D eigenvalue weighted by atomic mass is 15.1. The Morgan fingerprint density at radius 1 is 0.853 bits per heavy atom. The van der Waals surface area contributed by atoms with Crippen molar-refractivity contribution in [1.29, 1.82) is 0 Å². The number of hydrogen-bond donors (Lipinski definition) is 0. The summed E-state index contributed by atoms with van der Waals surface area (Å²) in [6.45, 7) is 7.53. The van der Waals surface area contributed by atoms with E-state index in [1.807, 2.05) is 0 Å². The molecule has 0 unspecified atom stereocenters. The van der Waals surface area contributed by atoms with E-state index >= 15 is 0 Å². The highest BCUT2D eigenvalue weighted by Crippen LogP contribution is 2.35. The van der Waals surface area contributed by atoms with Crippen LogP contribution in [0.3, 0.4) is 0 Å². The standard InChI is InChI=1S/C32H38N2/c1-5-10-26-11-9-14-32(23-26)34(25(2)28-12-7-6-8-13-28)24-27-15-17-29(18-16-27)30-19-21-31(22-20-30)33(3)4/h5,9-11,14-23,28H,2,6-8,12-13,24H2,1,3-4H3/b10-5+. The molecular weight excluding hydrogens is 412 g/mol. The largest absolute Gasteiger partial charge is 0.378 e. The van der Waals surface area contributed by atoms with Crippen LogP contribution in [0.15, 0.2) is 91.1 Å². The quantitative estimate of drug-likeness (QED) is 0.339. The minimum Gasteiger partial charge on any atom is -0.378 e. The van der Waals surface area contributed by atoms with Crippen molar-refractivity contribution < 1.29 is 0 Å². The van der Waals surface area contributed by atoms with Crippen LogP contribution in [0.5, 0.6) is 0 Å². The summed E-state index contributed by atoms with van der Waals surface area (Å²) in [6, 6.07) is 26.6. The van der Waals surface area contributed by atoms with Gasteiger partial charge in [0.1, 0.15) is 0 Å². The minimum absolute atomic E-state index is 0.577. The average molecular weight is 451 g/mol. The monoisotopic (exact) mass is 450 g/mol. The average Bonchev–Trinajstić information content (AvgIpc) is 2.88. The molecule has 0 amide bonds. The number of allylic oxidation sites excluding steroid dienone is 2. The minimum atomic E-state index is 0.577. The van der Waals surface area contributed by atoms with E-state index in [0.29, 0.717) is 5.92 Å². The first-order valence-electron chi connectivity index (χ1n) is 12.6. The second-order valence-electron chi connectivity index (χ2n) is 9.65. The second-order valence-corrected chi connectivity index (χ2v) is 9.65. The molecule has 0 bridgehead atoms. The topological polar surface area (TPSA) is 6.48 Å². The third-order valence-corrected chi connectivity index (χ3v) is 6.98. The summed E-state index contributed by atoms with van der Waals surface area (Å²) in [5.41, 5.74) is 8.76. The summed E-state index contributed by atoms with van der Waals surface area (Å²) >= 11 is 0. The number of benzene rings is 3. The van der Waals surface area contributed by atoms with Crippen molar-refractivity contribution in [3.8, 4) is 11.1 Å². The SMILES string of the molecule is C=C(C1CCCCC1)N(Cc1ccc(-c2ccc(N(C)C)cc2)cc1)c1cccc(/C=C/C)c1. The van der Waals surface area contributed by atoms with Crippen LogP contribution in [0.4, 0.5) is 11.4 Å². The van der Waals surface area contributed by atoms with Gasteiger partial charge in [-0.2, -0.15) is 0 Å². The lowest BCUT2D eigenvalue weighted by Crippen LogP contribution is -2.27. The van der Waals surface area contributed by atoms with Crippen LogP contribution >= 0.6 is 0 Å². The van der Waals surface area contributed by atoms with Gasteiger partial charge in [-0.3, -0.25) is 0 Å². The summed E-state index contributed by atoms with van der Waals surface area (Å²) in [5, 5.41) is 0. The molecule has 3 aromatic carbocycles. The van der Waals surface area contributed by atoms with Crippen molar-refractivity contribution in [2.75, 3.05) is 23.9 Å². The molecule has 1 aliphatic rings. The Kier molecular flexibility index (Phi) is 7.90. The highest BCUT2D eigenvalue weighted by molar-refractivity contribution is 5.67. The number of hydrogen-bond acceptors (Lipinski definition) is 2. The van der Waals surface area contributed by atoms with E-state index < -0.39 is 0 Å². The lowest BCUT2D eigenvalue weighted by molar-refractivity contribution is 0.396. The van der Waals surface area contributed by atoms with Gasteiger partial charge >= 0.3 is 0 Å². The van der Waals surface area contributed by atoms with Gasteiger partial charge in [-0.25, -0.2) is 0 Å². The van der Waals surface area contributed by atoms with E-state index in [1.54, 1.807) is 0 Å². The molecule has 0 atom stereocenters. The third-order valence-electron chi connectivity index (χ3n) is 6.98. The van der Waals surface area contributed by atoms with Gasteiger partial charge in [0.15, 0.2) is 0 Å². The van der Waals surface area contributed by atoms with E-state index in [-0.39, 0.29) is 0 Å². The van der Waals surface area contributed by atoms with Gasteiger partial charge in [0.05, 0.1) is 0 Å². The summed E-state index contributed by atoms with van der Waals surface area (Å²) in [6.07, 6.45) is 10.8. The molecule has 0 aliphatic heterocycles. The molecule has 1 saturated carbocycles. The van der Waals surface area contributed by atoms with Gasteiger partial charge in [-0.05, 0) is 72.2 Å². The molecule has 0 N–H and O–H groups in total. The molecule has 0 aromatic heterocycles. The predicted molar refractivity (Wildman–Crippen MR) is 149 cm³/mol. The van der Waals surface area contributed by atoms with Gasteiger partial charge in [0.25, 0.3) is 0 Å². The van der Waals surface area contributed by atoms with Crippen LogP contribution < -0.4 is 9.80 Å². The summed E-state index contributed by atoms with van der Waals surface area (Å²) in [4.78, 5) is 4.58. The van der Waals surface area contributed by atoms with Crippen LogP contribution in [0.25, 0.3) is 17.2 Å². The van der Waals surface area contributed by atoms with Crippen LogP contribution in [0.1, 0.15) is 50.2 Å². The van der Waals surface area contributed by atoms with Crippen molar-refractivity contribution in [3.63, 3.8) is 0 Å². The molecule has 3 aromatic rings. The van der Waals surface area contributed by atoms with E-state index in [1.165, 1.54) is 71.4 Å². The Hall–Kier alpha value is -3.26. The van der Waals surface area contributed by atoms with Gasteiger partial charge in [0.2, 0.25) is 0 Å². The number of rotatable bonds is 8. The highest BCUT2D eigenvalue weighted by Gasteiger charge is 2.22. The van der Waals surface area contributed by atoms with Crippen LogP contribution in [-0.2, 0) is 6.54 Å². The van der Waals surface area contributed by atoms with Crippen LogP contribution in [-0.4, -0.2) is 14.1 Å². The first-order valence-corrected chi connectivity index (χ1v) is 12.6. The van der Waals surface area contributed by atoms with Crippen LogP contribution in [0.2, 0.25) is 0 Å². The molecule has 4 rings (SSSR count). The first-order chi connectivity index (χ1) is 16.5. The van der Waals surface area contributed by atoms with Gasteiger partial charge < -0.3 is 9.80 Å². The second kappa shape index (κ2) is 11.2. The van der Waals surface area contributed by atoms with Crippen molar-refractivity contribution in [1.82, 2.24) is 0 Å². The van der Waals surface area contributed by atoms with Gasteiger partial charge in [0, 0.05) is 37.7 Å². The maximum absolute atomic E-state index is 4.62. The lowest BCUT2D eigenvalue weighted by Gasteiger charge is -2.34. The Morgan fingerprint density at radius 3 is 2.12 bits per heavy atom. The maximum atomic E-state index is 4.62. The third kappa shape index (κ3) is 5.80. The Bertz CT molecular complexity index is 1100. The fourth-order valence-electron chi connectivity index (χ4n) is 4.94.